The normalized spacial score (nSPS) is 10.4. The molecule has 0 saturated carbocycles. The van der Waals surface area contributed by atoms with Crippen LogP contribution in [-0.2, 0) is 0 Å². The molecule has 14 heavy (non-hydrogen) atoms. The number of benzene rings is 1. The van der Waals surface area contributed by atoms with Crippen LogP contribution >= 0.6 is 31.9 Å². The molecule has 0 amide bonds. The topological polar surface area (TPSA) is 43.1 Å². The van der Waals surface area contributed by atoms with E-state index in [1.54, 1.807) is 6.92 Å². The number of hydrogen-bond donors (Lipinski definition) is 0. The van der Waals surface area contributed by atoms with E-state index in [2.05, 4.69) is 31.9 Å². The molecule has 3 nitrogen and oxygen atoms in total. The Morgan fingerprint density at radius 2 is 1.71 bits per heavy atom. The lowest BCUT2D eigenvalue weighted by Crippen LogP contribution is -2.00. The first-order valence-corrected chi connectivity index (χ1v) is 5.24. The minimum atomic E-state index is -0.603. The molecule has 1 rings (SSSR count). The van der Waals surface area contributed by atoms with E-state index in [-0.39, 0.29) is 15.7 Å². The minimum absolute atomic E-state index is 0.0441. The zero-order valence-electron chi connectivity index (χ0n) is 7.40. The lowest BCUT2D eigenvalue weighted by atomic mass is 10.1. The van der Waals surface area contributed by atoms with Crippen molar-refractivity contribution in [1.82, 2.24) is 0 Å². The third-order valence-corrected chi connectivity index (χ3v) is 4.20. The molecule has 6 heteroatoms. The maximum atomic E-state index is 13.4. The molecule has 0 radical (unpaired) electrons. The lowest BCUT2D eigenvalue weighted by Gasteiger charge is -2.07. The van der Waals surface area contributed by atoms with Gasteiger partial charge in [-0.1, -0.05) is 0 Å². The van der Waals surface area contributed by atoms with Crippen molar-refractivity contribution < 1.29 is 9.31 Å². The Labute approximate surface area is 96.7 Å². The first-order chi connectivity index (χ1) is 6.37. The van der Waals surface area contributed by atoms with Crippen molar-refractivity contribution >= 4 is 37.5 Å². The van der Waals surface area contributed by atoms with Crippen LogP contribution in [-0.4, -0.2) is 4.92 Å². The molecular weight excluding hydrogens is 321 g/mol. The van der Waals surface area contributed by atoms with E-state index in [1.165, 1.54) is 6.92 Å². The smallest absolute Gasteiger partial charge is 0.258 e. The molecule has 0 saturated heterocycles. The summed E-state index contributed by atoms with van der Waals surface area (Å²) in [5.41, 5.74) is 0.279. The van der Waals surface area contributed by atoms with Crippen molar-refractivity contribution in [3.63, 3.8) is 0 Å². The van der Waals surface area contributed by atoms with E-state index in [0.29, 0.717) is 10.0 Å². The van der Waals surface area contributed by atoms with E-state index in [4.69, 9.17) is 0 Å². The van der Waals surface area contributed by atoms with E-state index in [0.717, 1.165) is 0 Å². The monoisotopic (exact) mass is 325 g/mol. The second kappa shape index (κ2) is 3.94. The highest BCUT2D eigenvalue weighted by Crippen LogP contribution is 2.38. The summed E-state index contributed by atoms with van der Waals surface area (Å²) in [6.07, 6.45) is 0. The third kappa shape index (κ3) is 1.68. The Balaban J connectivity index is 3.68. The minimum Gasteiger partial charge on any atom is -0.258 e. The summed E-state index contributed by atoms with van der Waals surface area (Å²) >= 11 is 6.11. The fourth-order valence-electron chi connectivity index (χ4n) is 1.19. The number of halogens is 3. The summed E-state index contributed by atoms with van der Waals surface area (Å²) in [6.45, 7) is 2.96. The van der Waals surface area contributed by atoms with Crippen LogP contribution < -0.4 is 0 Å². The number of nitro groups is 1. The van der Waals surface area contributed by atoms with Gasteiger partial charge in [0.2, 0.25) is 0 Å². The molecule has 0 heterocycles. The van der Waals surface area contributed by atoms with Crippen molar-refractivity contribution in [2.24, 2.45) is 0 Å². The Hall–Kier alpha value is -0.490. The Morgan fingerprint density at radius 3 is 2.14 bits per heavy atom. The van der Waals surface area contributed by atoms with Gasteiger partial charge < -0.3 is 0 Å². The van der Waals surface area contributed by atoms with Gasteiger partial charge in [-0.05, 0) is 45.7 Å². The first-order valence-electron chi connectivity index (χ1n) is 3.66. The highest BCUT2D eigenvalue weighted by Gasteiger charge is 2.24. The molecule has 0 N–H and O–H groups in total. The van der Waals surface area contributed by atoms with Crippen LogP contribution in [0.1, 0.15) is 11.1 Å². The van der Waals surface area contributed by atoms with E-state index >= 15 is 0 Å². The van der Waals surface area contributed by atoms with Gasteiger partial charge in [0.25, 0.3) is 5.69 Å². The zero-order chi connectivity index (χ0) is 11.0. The van der Waals surface area contributed by atoms with Crippen LogP contribution in [0, 0.1) is 29.8 Å². The van der Waals surface area contributed by atoms with Crippen molar-refractivity contribution in [2.75, 3.05) is 0 Å². The molecule has 1 aromatic carbocycles. The van der Waals surface area contributed by atoms with Crippen LogP contribution in [0.15, 0.2) is 8.95 Å². The molecule has 0 aliphatic rings. The quantitative estimate of drug-likeness (QED) is 0.446. The Bertz CT molecular complexity index is 391. The summed E-state index contributed by atoms with van der Waals surface area (Å²) in [6, 6.07) is 0. The summed E-state index contributed by atoms with van der Waals surface area (Å²) in [7, 11) is 0. The molecule has 1 aromatic rings. The van der Waals surface area contributed by atoms with Gasteiger partial charge >= 0.3 is 0 Å². The summed E-state index contributed by atoms with van der Waals surface area (Å²) in [4.78, 5) is 10.1. The molecule has 0 bridgehead atoms. The molecule has 0 unspecified atom stereocenters. The van der Waals surface area contributed by atoms with Gasteiger partial charge in [0, 0.05) is 10.0 Å². The van der Waals surface area contributed by atoms with Crippen molar-refractivity contribution in [3.8, 4) is 0 Å². The van der Waals surface area contributed by atoms with Gasteiger partial charge in [0.15, 0.2) is 0 Å². The van der Waals surface area contributed by atoms with Crippen molar-refractivity contribution in [3.05, 3.63) is 36.0 Å². The molecule has 0 aliphatic carbocycles. The molecular formula is C8H6Br2FNO2. The lowest BCUT2D eigenvalue weighted by molar-refractivity contribution is -0.386. The SMILES string of the molecule is Cc1c(F)c(Br)c(Br)c(C)c1[N+](=O)[O-]. The molecule has 0 atom stereocenters. The number of nitro benzene ring substituents is 1. The molecule has 0 spiro atoms. The van der Waals surface area contributed by atoms with Gasteiger partial charge in [-0.15, -0.1) is 0 Å². The maximum Gasteiger partial charge on any atom is 0.279 e. The number of rotatable bonds is 1. The van der Waals surface area contributed by atoms with E-state index in [9.17, 15) is 14.5 Å². The van der Waals surface area contributed by atoms with Gasteiger partial charge in [-0.25, -0.2) is 4.39 Å². The van der Waals surface area contributed by atoms with Crippen LogP contribution in [0.4, 0.5) is 10.1 Å². The maximum absolute atomic E-state index is 13.4. The molecule has 0 aromatic heterocycles. The van der Waals surface area contributed by atoms with Crippen molar-refractivity contribution in [1.29, 1.82) is 0 Å². The summed E-state index contributed by atoms with van der Waals surface area (Å²) in [5, 5.41) is 10.7. The fourth-order valence-corrected chi connectivity index (χ4v) is 2.15. The second-order valence-corrected chi connectivity index (χ2v) is 4.38. The van der Waals surface area contributed by atoms with Crippen LogP contribution in [0.2, 0.25) is 0 Å². The van der Waals surface area contributed by atoms with E-state index < -0.39 is 10.7 Å². The second-order valence-electron chi connectivity index (χ2n) is 2.80. The van der Waals surface area contributed by atoms with Crippen molar-refractivity contribution in [2.45, 2.75) is 13.8 Å². The zero-order valence-corrected chi connectivity index (χ0v) is 10.6. The van der Waals surface area contributed by atoms with Gasteiger partial charge in [-0.2, -0.15) is 0 Å². The van der Waals surface area contributed by atoms with Gasteiger partial charge in [-0.3, -0.25) is 10.1 Å². The van der Waals surface area contributed by atoms with Crippen LogP contribution in [0.3, 0.4) is 0 Å². The summed E-state index contributed by atoms with van der Waals surface area (Å²) < 4.78 is 14.0. The van der Waals surface area contributed by atoms with E-state index in [1.807, 2.05) is 0 Å². The van der Waals surface area contributed by atoms with Gasteiger partial charge in [0.05, 0.1) is 15.0 Å². The third-order valence-electron chi connectivity index (χ3n) is 1.94. The van der Waals surface area contributed by atoms with Crippen LogP contribution in [0.5, 0.6) is 0 Å². The Kier molecular flexibility index (Phi) is 3.26. The largest absolute Gasteiger partial charge is 0.279 e. The average molecular weight is 327 g/mol. The van der Waals surface area contributed by atoms with Gasteiger partial charge in [0.1, 0.15) is 5.82 Å². The van der Waals surface area contributed by atoms with Crippen LogP contribution in [0.25, 0.3) is 0 Å². The highest BCUT2D eigenvalue weighted by atomic mass is 79.9. The Morgan fingerprint density at radius 1 is 1.21 bits per heavy atom. The molecule has 0 fully saturated rings. The highest BCUT2D eigenvalue weighted by molar-refractivity contribution is 9.13. The predicted octanol–water partition coefficient (Wildman–Crippen LogP) is 3.88. The molecule has 76 valence electrons. The average Bonchev–Trinajstić information content (AvgIpc) is 2.11. The summed E-state index contributed by atoms with van der Waals surface area (Å²) in [5.74, 6) is -0.603. The molecule has 0 aliphatic heterocycles. The first kappa shape index (κ1) is 11.6. The number of hydrogen-bond acceptors (Lipinski definition) is 2. The predicted molar refractivity (Wildman–Crippen MR) is 57.9 cm³/mol. The fraction of sp³-hybridized carbons (Fsp3) is 0.250. The number of nitrogens with zero attached hydrogens (tertiary/aromatic N) is 1. The standard InChI is InChI=1S/C8H6Br2FNO2/c1-3-5(9)6(10)7(11)4(2)8(3)12(13)14/h1-2H3.